The van der Waals surface area contributed by atoms with Crippen molar-refractivity contribution in [3.05, 3.63) is 153 Å². The quantitative estimate of drug-likeness (QED) is 0.256. The van der Waals surface area contributed by atoms with Crippen LogP contribution in [0.2, 0.25) is 0 Å². The highest BCUT2D eigenvalue weighted by atomic mass is 32.2. The molecule has 0 bridgehead atoms. The molecule has 5 rings (SSSR count). The Morgan fingerprint density at radius 2 is 1.43 bits per heavy atom. The van der Waals surface area contributed by atoms with Gasteiger partial charge in [0.1, 0.15) is 0 Å². The van der Waals surface area contributed by atoms with E-state index in [1.165, 1.54) is 40.9 Å². The summed E-state index contributed by atoms with van der Waals surface area (Å²) in [5.74, 6) is -0.295. The van der Waals surface area contributed by atoms with Crippen LogP contribution in [0.5, 0.6) is 0 Å². The third-order valence-electron chi connectivity index (χ3n) is 6.33. The number of carbonyl (C=O) groups excluding carboxylic acids is 1. The van der Waals surface area contributed by atoms with Crippen molar-refractivity contribution in [2.75, 3.05) is 0 Å². The second-order valence-electron chi connectivity index (χ2n) is 9.13. The van der Waals surface area contributed by atoms with Gasteiger partial charge >= 0.3 is 5.69 Å². The Balaban J connectivity index is 1.54. The Hall–Kier alpha value is -4.41. The molecule has 0 atom stereocenters. The fraction of sp³-hybridized carbons (Fsp3) is 0.100. The van der Waals surface area contributed by atoms with Gasteiger partial charge in [-0.25, -0.2) is 17.2 Å². The Morgan fingerprint density at radius 1 is 0.800 bits per heavy atom. The predicted octanol–water partition coefficient (Wildman–Crippen LogP) is 4.39. The van der Waals surface area contributed by atoms with E-state index in [1.807, 2.05) is 37.3 Å². The second kappa shape index (κ2) is 11.4. The number of aromatic nitrogens is 3. The standard InChI is InChI=1S/C30H25N3O5S2/c1-22-12-14-27(15-13-22)40(37,38)32-19-24(25(20-32)21-39-26-10-6-3-7-11-26)18-31-17-16-28(34)33(30(31)36)29(35)23-8-4-2-5-9-23/h2-17,19-20H,18,21H2,1H3. The first-order valence-corrected chi connectivity index (χ1v) is 14.8. The highest BCUT2D eigenvalue weighted by molar-refractivity contribution is 7.98. The van der Waals surface area contributed by atoms with Gasteiger partial charge in [-0.15, -0.1) is 11.8 Å². The summed E-state index contributed by atoms with van der Waals surface area (Å²) in [7, 11) is -3.90. The SMILES string of the molecule is Cc1ccc(S(=O)(=O)n2cc(CSc3ccccc3)c(Cn3ccc(=O)n(C(=O)c4ccccc4)c3=O)c2)cc1. The van der Waals surface area contributed by atoms with E-state index in [2.05, 4.69) is 0 Å². The van der Waals surface area contributed by atoms with Crippen molar-refractivity contribution in [2.24, 2.45) is 0 Å². The molecule has 2 heterocycles. The van der Waals surface area contributed by atoms with E-state index < -0.39 is 27.2 Å². The molecule has 0 fully saturated rings. The largest absolute Gasteiger partial charge is 0.338 e. The molecule has 202 valence electrons. The van der Waals surface area contributed by atoms with Crippen LogP contribution in [-0.4, -0.2) is 27.4 Å². The van der Waals surface area contributed by atoms with Gasteiger partial charge in [0.15, 0.2) is 0 Å². The number of aryl methyl sites for hydroxylation is 1. The van der Waals surface area contributed by atoms with Crippen molar-refractivity contribution in [3.8, 4) is 0 Å². The summed E-state index contributed by atoms with van der Waals surface area (Å²) < 4.78 is 29.9. The van der Waals surface area contributed by atoms with Crippen LogP contribution >= 0.6 is 11.8 Å². The second-order valence-corrected chi connectivity index (χ2v) is 12.0. The zero-order valence-corrected chi connectivity index (χ0v) is 23.1. The van der Waals surface area contributed by atoms with Crippen LogP contribution in [0.15, 0.2) is 129 Å². The maximum absolute atomic E-state index is 13.4. The lowest BCUT2D eigenvalue weighted by Gasteiger charge is -2.10. The lowest BCUT2D eigenvalue weighted by Crippen LogP contribution is -2.43. The highest BCUT2D eigenvalue weighted by Crippen LogP contribution is 2.27. The van der Waals surface area contributed by atoms with E-state index in [-0.39, 0.29) is 17.0 Å². The van der Waals surface area contributed by atoms with E-state index in [9.17, 15) is 22.8 Å². The Labute approximate surface area is 235 Å². The van der Waals surface area contributed by atoms with Gasteiger partial charge in [0.2, 0.25) is 0 Å². The first-order valence-electron chi connectivity index (χ1n) is 12.4. The van der Waals surface area contributed by atoms with E-state index in [0.29, 0.717) is 21.4 Å². The van der Waals surface area contributed by atoms with E-state index in [0.717, 1.165) is 20.5 Å². The van der Waals surface area contributed by atoms with Gasteiger partial charge < -0.3 is 0 Å². The Morgan fingerprint density at radius 3 is 2.10 bits per heavy atom. The number of rotatable bonds is 8. The van der Waals surface area contributed by atoms with Crippen LogP contribution in [-0.2, 0) is 22.3 Å². The maximum Gasteiger partial charge on any atom is 0.338 e. The smallest absolute Gasteiger partial charge is 0.296 e. The molecule has 10 heteroatoms. The van der Waals surface area contributed by atoms with Crippen LogP contribution in [0, 0.1) is 6.92 Å². The molecule has 5 aromatic rings. The molecule has 0 spiro atoms. The molecule has 0 radical (unpaired) electrons. The zero-order chi connectivity index (χ0) is 28.3. The number of hydrogen-bond donors (Lipinski definition) is 0. The number of nitrogens with zero attached hydrogens (tertiary/aromatic N) is 3. The molecule has 0 aliphatic carbocycles. The summed E-state index contributed by atoms with van der Waals surface area (Å²) >= 11 is 1.53. The number of hydrogen-bond acceptors (Lipinski definition) is 6. The monoisotopic (exact) mass is 571 g/mol. The summed E-state index contributed by atoms with van der Waals surface area (Å²) in [6.45, 7) is 1.84. The van der Waals surface area contributed by atoms with Gasteiger partial charge in [-0.1, -0.05) is 54.1 Å². The zero-order valence-electron chi connectivity index (χ0n) is 21.5. The Bertz CT molecular complexity index is 1890. The fourth-order valence-corrected chi connectivity index (χ4v) is 6.33. The molecule has 8 nitrogen and oxygen atoms in total. The molecule has 0 saturated carbocycles. The normalized spacial score (nSPS) is 11.4. The summed E-state index contributed by atoms with van der Waals surface area (Å²) in [5, 5.41) is 0. The first-order chi connectivity index (χ1) is 19.2. The van der Waals surface area contributed by atoms with Gasteiger partial charge in [0.05, 0.1) is 11.4 Å². The molecule has 0 unspecified atom stereocenters. The molecule has 0 amide bonds. The molecular weight excluding hydrogens is 546 g/mol. The van der Waals surface area contributed by atoms with Crippen molar-refractivity contribution >= 4 is 27.7 Å². The van der Waals surface area contributed by atoms with Crippen molar-refractivity contribution in [3.63, 3.8) is 0 Å². The number of thioether (sulfide) groups is 1. The summed E-state index contributed by atoms with van der Waals surface area (Å²) in [5.41, 5.74) is 0.857. The van der Waals surface area contributed by atoms with Crippen LogP contribution < -0.4 is 11.2 Å². The van der Waals surface area contributed by atoms with E-state index >= 15 is 0 Å². The van der Waals surface area contributed by atoms with Crippen molar-refractivity contribution in [1.82, 2.24) is 13.1 Å². The number of carbonyl (C=O) groups is 1. The van der Waals surface area contributed by atoms with Crippen molar-refractivity contribution in [1.29, 1.82) is 0 Å². The Kier molecular flexibility index (Phi) is 7.72. The van der Waals surface area contributed by atoms with Crippen molar-refractivity contribution in [2.45, 2.75) is 29.0 Å². The molecular formula is C30H25N3O5S2. The summed E-state index contributed by atoms with van der Waals surface area (Å²) in [4.78, 5) is 40.0. The van der Waals surface area contributed by atoms with Crippen LogP contribution in [0.25, 0.3) is 0 Å². The molecule has 0 N–H and O–H groups in total. The number of benzene rings is 3. The first kappa shape index (κ1) is 27.2. The fourth-order valence-electron chi connectivity index (χ4n) is 4.15. The van der Waals surface area contributed by atoms with Gasteiger partial charge in [0.25, 0.3) is 21.5 Å². The van der Waals surface area contributed by atoms with Gasteiger partial charge in [-0.05, 0) is 54.4 Å². The summed E-state index contributed by atoms with van der Waals surface area (Å²) in [6.07, 6.45) is 4.35. The lowest BCUT2D eigenvalue weighted by atomic mass is 10.2. The summed E-state index contributed by atoms with van der Waals surface area (Å²) in [6, 6.07) is 25.5. The third-order valence-corrected chi connectivity index (χ3v) is 9.03. The third kappa shape index (κ3) is 5.63. The molecule has 0 aliphatic rings. The highest BCUT2D eigenvalue weighted by Gasteiger charge is 2.21. The maximum atomic E-state index is 13.4. The van der Waals surface area contributed by atoms with Crippen LogP contribution in [0.3, 0.4) is 0 Å². The minimum absolute atomic E-state index is 0.0394. The minimum Gasteiger partial charge on any atom is -0.296 e. The van der Waals surface area contributed by atoms with E-state index in [4.69, 9.17) is 0 Å². The van der Waals surface area contributed by atoms with Gasteiger partial charge in [-0.3, -0.25) is 14.2 Å². The molecule has 2 aromatic heterocycles. The predicted molar refractivity (Wildman–Crippen MR) is 154 cm³/mol. The lowest BCUT2D eigenvalue weighted by molar-refractivity contribution is 0.0948. The molecule has 3 aromatic carbocycles. The van der Waals surface area contributed by atoms with Gasteiger partial charge in [-0.2, -0.15) is 4.57 Å². The van der Waals surface area contributed by atoms with E-state index in [1.54, 1.807) is 48.7 Å². The molecule has 0 aliphatic heterocycles. The van der Waals surface area contributed by atoms with Crippen LogP contribution in [0.1, 0.15) is 27.0 Å². The molecule has 0 saturated heterocycles. The van der Waals surface area contributed by atoms with Crippen LogP contribution in [0.4, 0.5) is 0 Å². The average Bonchev–Trinajstić information content (AvgIpc) is 3.38. The van der Waals surface area contributed by atoms with Crippen molar-refractivity contribution < 1.29 is 13.2 Å². The topological polar surface area (TPSA) is 100 Å². The van der Waals surface area contributed by atoms with Gasteiger partial charge in [0, 0.05) is 40.9 Å². The molecule has 40 heavy (non-hydrogen) atoms. The minimum atomic E-state index is -3.90. The average molecular weight is 572 g/mol.